The quantitative estimate of drug-likeness (QED) is 0.237. The van der Waals surface area contributed by atoms with Gasteiger partial charge in [-0.2, -0.15) is 0 Å². The van der Waals surface area contributed by atoms with E-state index in [0.717, 1.165) is 23.1 Å². The first kappa shape index (κ1) is 29.9. The summed E-state index contributed by atoms with van der Waals surface area (Å²) in [5, 5.41) is 16.8. The molecule has 41 heavy (non-hydrogen) atoms. The molecule has 2 N–H and O–H groups in total. The Hall–Kier alpha value is -4.11. The fourth-order valence-corrected chi connectivity index (χ4v) is 5.69. The summed E-state index contributed by atoms with van der Waals surface area (Å²) in [6.07, 6.45) is 3.91. The molecule has 2 atom stereocenters. The van der Waals surface area contributed by atoms with E-state index in [1.807, 2.05) is 48.9 Å². The van der Waals surface area contributed by atoms with Crippen LogP contribution in [0.1, 0.15) is 35.1 Å². The SMILES string of the molecule is C[S+](C)CC(=O)CCC(NC(=O)C(Cc1ccccc1)NC(=O)OCc1ccc2c(c1)Cc1ccccc1-2)C(=O)[O-]. The van der Waals surface area contributed by atoms with Crippen molar-refractivity contribution in [2.24, 2.45) is 0 Å². The summed E-state index contributed by atoms with van der Waals surface area (Å²) in [5.74, 6) is -1.90. The number of aliphatic carboxylic acids is 1. The van der Waals surface area contributed by atoms with Crippen LogP contribution in [0.4, 0.5) is 4.79 Å². The Balaban J connectivity index is 1.38. The predicted molar refractivity (Wildman–Crippen MR) is 157 cm³/mol. The van der Waals surface area contributed by atoms with E-state index in [9.17, 15) is 24.3 Å². The average molecular weight is 575 g/mol. The van der Waals surface area contributed by atoms with Gasteiger partial charge in [0, 0.05) is 12.8 Å². The number of hydrogen-bond acceptors (Lipinski definition) is 6. The average Bonchev–Trinajstić information content (AvgIpc) is 3.31. The van der Waals surface area contributed by atoms with Crippen LogP contribution in [-0.4, -0.2) is 54.1 Å². The number of hydrogen-bond donors (Lipinski definition) is 2. The zero-order valence-corrected chi connectivity index (χ0v) is 24.0. The normalized spacial score (nSPS) is 13.0. The maximum absolute atomic E-state index is 13.2. The third kappa shape index (κ3) is 8.44. The van der Waals surface area contributed by atoms with Gasteiger partial charge in [0.2, 0.25) is 5.91 Å². The first-order valence-electron chi connectivity index (χ1n) is 13.4. The lowest BCUT2D eigenvalue weighted by Crippen LogP contribution is -2.55. The van der Waals surface area contributed by atoms with Crippen molar-refractivity contribution < 1.29 is 29.0 Å². The molecule has 9 heteroatoms. The second-order valence-electron chi connectivity index (χ2n) is 10.4. The van der Waals surface area contributed by atoms with Crippen molar-refractivity contribution in [3.63, 3.8) is 0 Å². The summed E-state index contributed by atoms with van der Waals surface area (Å²) >= 11 is 0. The third-order valence-corrected chi connectivity index (χ3v) is 7.78. The van der Waals surface area contributed by atoms with Crippen molar-refractivity contribution in [3.8, 4) is 11.1 Å². The third-order valence-electron chi connectivity index (χ3n) is 6.88. The Morgan fingerprint density at radius 1 is 0.854 bits per heavy atom. The van der Waals surface area contributed by atoms with Crippen molar-refractivity contribution in [1.82, 2.24) is 10.6 Å². The Labute approximate surface area is 242 Å². The van der Waals surface area contributed by atoms with Crippen LogP contribution in [0.25, 0.3) is 11.1 Å². The first-order valence-corrected chi connectivity index (χ1v) is 15.6. The number of alkyl carbamates (subject to hydrolysis) is 1. The molecule has 0 heterocycles. The topological polar surface area (TPSA) is 125 Å². The molecule has 4 rings (SSSR count). The summed E-state index contributed by atoms with van der Waals surface area (Å²) in [5.41, 5.74) is 6.38. The van der Waals surface area contributed by atoms with Gasteiger partial charge in [-0.05, 0) is 57.1 Å². The molecule has 8 nitrogen and oxygen atoms in total. The standard InChI is InChI=1S/C32H34N2O6S/c1-41(2)20-25(35)13-15-28(31(37)38)33-30(36)29(17-21-8-4-3-5-9-21)34-32(39)40-19-22-12-14-27-24(16-22)18-23-10-6-7-11-26(23)27/h3-12,14,16,28-29H,13,15,17-20H2,1-2H3,(H2-,33,34,36,37,38,39). The van der Waals surface area contributed by atoms with Gasteiger partial charge in [-0.3, -0.25) is 9.59 Å². The largest absolute Gasteiger partial charge is 0.548 e. The molecule has 1 aliphatic carbocycles. The number of fused-ring (bicyclic) bond motifs is 3. The lowest BCUT2D eigenvalue weighted by atomic mass is 10.0. The van der Waals surface area contributed by atoms with Gasteiger partial charge in [0.25, 0.3) is 0 Å². The monoisotopic (exact) mass is 574 g/mol. The van der Waals surface area contributed by atoms with Gasteiger partial charge in [0.15, 0.2) is 11.5 Å². The number of ketones is 1. The summed E-state index contributed by atoms with van der Waals surface area (Å²) < 4.78 is 5.45. The van der Waals surface area contributed by atoms with Gasteiger partial charge in [0.1, 0.15) is 12.6 Å². The highest BCUT2D eigenvalue weighted by Gasteiger charge is 2.26. The number of nitrogens with one attached hydrogen (secondary N) is 2. The number of rotatable bonds is 13. The minimum absolute atomic E-state index is 0.00872. The zero-order valence-electron chi connectivity index (χ0n) is 23.2. The van der Waals surface area contributed by atoms with Gasteiger partial charge >= 0.3 is 6.09 Å². The molecular formula is C32H34N2O6S. The van der Waals surface area contributed by atoms with E-state index < -0.39 is 30.1 Å². The van der Waals surface area contributed by atoms with Crippen molar-refractivity contribution in [2.45, 2.75) is 44.4 Å². The van der Waals surface area contributed by atoms with Crippen LogP contribution in [0.2, 0.25) is 0 Å². The van der Waals surface area contributed by atoms with Crippen LogP contribution in [0.15, 0.2) is 72.8 Å². The van der Waals surface area contributed by atoms with Gasteiger partial charge < -0.3 is 25.3 Å². The Morgan fingerprint density at radius 3 is 2.29 bits per heavy atom. The molecule has 0 aliphatic heterocycles. The van der Waals surface area contributed by atoms with E-state index in [2.05, 4.69) is 22.8 Å². The fraction of sp³-hybridized carbons (Fsp3) is 0.312. The molecular weight excluding hydrogens is 540 g/mol. The minimum Gasteiger partial charge on any atom is -0.548 e. The maximum atomic E-state index is 13.2. The summed E-state index contributed by atoms with van der Waals surface area (Å²) in [6, 6.07) is 20.8. The maximum Gasteiger partial charge on any atom is 0.408 e. The summed E-state index contributed by atoms with van der Waals surface area (Å²) in [4.78, 5) is 49.8. The van der Waals surface area contributed by atoms with Crippen LogP contribution >= 0.6 is 0 Å². The summed E-state index contributed by atoms with van der Waals surface area (Å²) in [7, 11) is -0.105. The Morgan fingerprint density at radius 2 is 1.56 bits per heavy atom. The van der Waals surface area contributed by atoms with Crippen LogP contribution in [0.3, 0.4) is 0 Å². The van der Waals surface area contributed by atoms with E-state index in [-0.39, 0.29) is 42.5 Å². The first-order chi connectivity index (χ1) is 19.7. The van der Waals surface area contributed by atoms with Crippen LogP contribution in [0.5, 0.6) is 0 Å². The van der Waals surface area contributed by atoms with Crippen molar-refractivity contribution in [1.29, 1.82) is 0 Å². The lowest BCUT2D eigenvalue weighted by Gasteiger charge is -2.24. The number of carboxylic acids is 1. The molecule has 2 amide bonds. The number of carboxylic acid groups (broad SMARTS) is 1. The van der Waals surface area contributed by atoms with E-state index in [0.29, 0.717) is 5.75 Å². The number of carbonyl (C=O) groups excluding carboxylic acids is 4. The molecule has 0 radical (unpaired) electrons. The fourth-order valence-electron chi connectivity index (χ4n) is 4.90. The van der Waals surface area contributed by atoms with Gasteiger partial charge in [-0.25, -0.2) is 4.79 Å². The lowest BCUT2D eigenvalue weighted by molar-refractivity contribution is -0.308. The molecule has 0 bridgehead atoms. The second kappa shape index (κ2) is 14.0. The molecule has 3 aromatic carbocycles. The number of ether oxygens (including phenoxy) is 1. The van der Waals surface area contributed by atoms with Crippen molar-refractivity contribution in [3.05, 3.63) is 95.1 Å². The van der Waals surface area contributed by atoms with Gasteiger partial charge in [-0.1, -0.05) is 72.8 Å². The number of Topliss-reactive ketones (excluding diaryl/α,β-unsaturated/α-hetero) is 1. The molecule has 0 saturated carbocycles. The van der Waals surface area contributed by atoms with Crippen LogP contribution in [-0.2, 0) is 49.5 Å². The molecule has 2 unspecified atom stereocenters. The minimum atomic E-state index is -1.49. The number of carbonyl (C=O) groups is 4. The van der Waals surface area contributed by atoms with Gasteiger partial charge in [-0.15, -0.1) is 0 Å². The Kier molecular flexibility index (Phi) is 10.2. The van der Waals surface area contributed by atoms with Crippen LogP contribution in [0, 0.1) is 0 Å². The molecule has 1 aliphatic rings. The highest BCUT2D eigenvalue weighted by Crippen LogP contribution is 2.36. The highest BCUT2D eigenvalue weighted by molar-refractivity contribution is 7.96. The molecule has 214 valence electrons. The predicted octanol–water partition coefficient (Wildman–Crippen LogP) is 2.56. The van der Waals surface area contributed by atoms with E-state index in [1.165, 1.54) is 16.7 Å². The molecule has 0 saturated heterocycles. The van der Waals surface area contributed by atoms with Gasteiger partial charge in [0.05, 0.1) is 24.5 Å². The van der Waals surface area contributed by atoms with Crippen molar-refractivity contribution in [2.75, 3.05) is 18.3 Å². The zero-order chi connectivity index (χ0) is 29.4. The van der Waals surface area contributed by atoms with E-state index >= 15 is 0 Å². The molecule has 0 spiro atoms. The number of benzene rings is 3. The van der Waals surface area contributed by atoms with Crippen molar-refractivity contribution >= 4 is 34.6 Å². The highest BCUT2D eigenvalue weighted by atomic mass is 32.2. The summed E-state index contributed by atoms with van der Waals surface area (Å²) in [6.45, 7) is 0.00936. The molecule has 0 aromatic heterocycles. The number of amides is 2. The molecule has 0 fully saturated rings. The second-order valence-corrected chi connectivity index (χ2v) is 12.6. The van der Waals surface area contributed by atoms with Crippen LogP contribution < -0.4 is 15.7 Å². The Bertz CT molecular complexity index is 1410. The molecule has 3 aromatic rings. The van der Waals surface area contributed by atoms with E-state index in [4.69, 9.17) is 4.74 Å². The smallest absolute Gasteiger partial charge is 0.408 e. The van der Waals surface area contributed by atoms with E-state index in [1.54, 1.807) is 24.3 Å².